The van der Waals surface area contributed by atoms with Gasteiger partial charge in [-0.15, -0.1) is 0 Å². The molecule has 0 bridgehead atoms. The summed E-state index contributed by atoms with van der Waals surface area (Å²) >= 11 is 7.88. The van der Waals surface area contributed by atoms with Crippen LogP contribution < -0.4 is 5.43 Å². The number of fused-ring (bicyclic) bond motifs is 1. The first kappa shape index (κ1) is 18.3. The summed E-state index contributed by atoms with van der Waals surface area (Å²) in [6.07, 6.45) is 1.49. The molecule has 1 aromatic carbocycles. The Kier molecular flexibility index (Phi) is 4.70. The van der Waals surface area contributed by atoms with Gasteiger partial charge in [0.25, 0.3) is 5.91 Å². The normalized spacial score (nSPS) is 11.6. The zero-order valence-corrected chi connectivity index (χ0v) is 16.9. The number of aromatic nitrogens is 5. The fraction of sp³-hybridized carbons (Fsp3) is 0.167. The Labute approximate surface area is 169 Å². The zero-order chi connectivity index (χ0) is 19.8. The van der Waals surface area contributed by atoms with Crippen molar-refractivity contribution in [1.82, 2.24) is 29.8 Å². The molecule has 0 atom stereocenters. The minimum atomic E-state index is -0.393. The summed E-state index contributed by atoms with van der Waals surface area (Å²) in [5, 5.41) is 14.1. The molecule has 4 aromatic rings. The quantitative estimate of drug-likeness (QED) is 0.410. The summed E-state index contributed by atoms with van der Waals surface area (Å²) < 4.78 is 3.16. The zero-order valence-electron chi connectivity index (χ0n) is 15.3. The highest BCUT2D eigenvalue weighted by atomic mass is 35.5. The Morgan fingerprint density at radius 2 is 1.93 bits per heavy atom. The minimum Gasteiger partial charge on any atom is -0.265 e. The minimum absolute atomic E-state index is 0.360. The van der Waals surface area contributed by atoms with Crippen molar-refractivity contribution >= 4 is 40.0 Å². The number of benzene rings is 1. The maximum atomic E-state index is 12.6. The summed E-state index contributed by atoms with van der Waals surface area (Å²) in [6.45, 7) is 5.46. The van der Waals surface area contributed by atoms with Crippen LogP contribution in [0, 0.1) is 20.8 Å². The van der Waals surface area contributed by atoms with E-state index < -0.39 is 5.91 Å². The van der Waals surface area contributed by atoms with Crippen molar-refractivity contribution in [2.24, 2.45) is 5.10 Å². The molecule has 1 amide bonds. The number of nitrogens with one attached hydrogen (secondary N) is 1. The predicted molar refractivity (Wildman–Crippen MR) is 109 cm³/mol. The molecule has 0 fully saturated rings. The van der Waals surface area contributed by atoms with Gasteiger partial charge in [0.15, 0.2) is 5.69 Å². The first-order valence-electron chi connectivity index (χ1n) is 8.42. The van der Waals surface area contributed by atoms with E-state index in [1.54, 1.807) is 11.6 Å². The van der Waals surface area contributed by atoms with Crippen LogP contribution in [0.15, 0.2) is 35.4 Å². The van der Waals surface area contributed by atoms with Crippen molar-refractivity contribution in [3.63, 3.8) is 0 Å². The van der Waals surface area contributed by atoms with Gasteiger partial charge in [0.2, 0.25) is 4.96 Å². The number of hydrazone groups is 1. The van der Waals surface area contributed by atoms with Gasteiger partial charge in [-0.1, -0.05) is 41.1 Å². The molecular formula is C18H16ClN7OS. The summed E-state index contributed by atoms with van der Waals surface area (Å²) in [4.78, 5) is 17.6. The fourth-order valence-corrected chi connectivity index (χ4v) is 3.92. The first-order valence-corrected chi connectivity index (χ1v) is 9.62. The van der Waals surface area contributed by atoms with E-state index in [-0.39, 0.29) is 0 Å². The fourth-order valence-electron chi connectivity index (χ4n) is 2.81. The molecule has 0 radical (unpaired) electrons. The van der Waals surface area contributed by atoms with E-state index in [2.05, 4.69) is 25.7 Å². The lowest BCUT2D eigenvalue weighted by Gasteiger charge is -2.02. The maximum Gasteiger partial charge on any atom is 0.292 e. The second-order valence-electron chi connectivity index (χ2n) is 6.10. The molecule has 28 heavy (non-hydrogen) atoms. The van der Waals surface area contributed by atoms with Gasteiger partial charge in [0.1, 0.15) is 10.2 Å². The Bertz CT molecular complexity index is 1210. The van der Waals surface area contributed by atoms with E-state index in [1.165, 1.54) is 22.1 Å². The number of rotatable bonds is 4. The Morgan fingerprint density at radius 1 is 1.18 bits per heavy atom. The smallest absolute Gasteiger partial charge is 0.265 e. The number of aryl methyl sites for hydroxylation is 3. The summed E-state index contributed by atoms with van der Waals surface area (Å²) in [7, 11) is 0. The topological polar surface area (TPSA) is 89.5 Å². The summed E-state index contributed by atoms with van der Waals surface area (Å²) in [6, 6.07) is 9.55. The molecule has 0 aliphatic rings. The molecule has 0 aliphatic carbocycles. The van der Waals surface area contributed by atoms with Gasteiger partial charge in [0.05, 0.1) is 28.9 Å². The highest BCUT2D eigenvalue weighted by Gasteiger charge is 2.19. The van der Waals surface area contributed by atoms with Crippen LogP contribution in [0.5, 0.6) is 0 Å². The summed E-state index contributed by atoms with van der Waals surface area (Å²) in [5.41, 5.74) is 5.65. The standard InChI is InChI=1S/C18H16ClN7OS/c1-10-14(16(19)25(23-10)13-7-5-4-6-8-13)9-20-22-17(27)15-11(2)21-18-26(15)24-12(3)28-18/h4-9H,1-3H3,(H,22,27)/b20-9+. The molecule has 10 heteroatoms. The second kappa shape index (κ2) is 7.17. The molecule has 0 unspecified atom stereocenters. The third-order valence-corrected chi connectivity index (χ3v) is 5.29. The third kappa shape index (κ3) is 3.19. The number of carbonyl (C=O) groups is 1. The lowest BCUT2D eigenvalue weighted by Crippen LogP contribution is -2.21. The van der Waals surface area contributed by atoms with E-state index in [0.29, 0.717) is 32.8 Å². The van der Waals surface area contributed by atoms with Crippen LogP contribution in [0.25, 0.3) is 10.6 Å². The second-order valence-corrected chi connectivity index (χ2v) is 7.62. The number of carbonyl (C=O) groups excluding carboxylic acids is 1. The maximum absolute atomic E-state index is 12.6. The molecule has 3 aromatic heterocycles. The number of hydrogen-bond donors (Lipinski definition) is 1. The van der Waals surface area contributed by atoms with Crippen molar-refractivity contribution < 1.29 is 4.79 Å². The van der Waals surface area contributed by atoms with E-state index in [1.807, 2.05) is 44.2 Å². The number of imidazole rings is 1. The molecule has 3 heterocycles. The van der Waals surface area contributed by atoms with Crippen molar-refractivity contribution in [2.75, 3.05) is 0 Å². The molecule has 0 aliphatic heterocycles. The van der Waals surface area contributed by atoms with Crippen LogP contribution in [0.3, 0.4) is 0 Å². The van der Waals surface area contributed by atoms with Crippen LogP contribution in [-0.2, 0) is 0 Å². The van der Waals surface area contributed by atoms with E-state index in [9.17, 15) is 4.79 Å². The highest BCUT2D eigenvalue weighted by Crippen LogP contribution is 2.22. The van der Waals surface area contributed by atoms with Crippen LogP contribution in [0.2, 0.25) is 5.15 Å². The average molecular weight is 414 g/mol. The number of hydrogen-bond acceptors (Lipinski definition) is 6. The number of halogens is 1. The Morgan fingerprint density at radius 3 is 2.68 bits per heavy atom. The van der Waals surface area contributed by atoms with Gasteiger partial charge >= 0.3 is 0 Å². The average Bonchev–Trinajstić information content (AvgIpc) is 3.26. The van der Waals surface area contributed by atoms with E-state index in [0.717, 1.165) is 10.7 Å². The lowest BCUT2D eigenvalue weighted by atomic mass is 10.3. The van der Waals surface area contributed by atoms with Gasteiger partial charge in [-0.25, -0.2) is 15.1 Å². The molecule has 0 saturated carbocycles. The molecular weight excluding hydrogens is 398 g/mol. The lowest BCUT2D eigenvalue weighted by molar-refractivity contribution is 0.0947. The van der Waals surface area contributed by atoms with Crippen LogP contribution in [-0.4, -0.2) is 36.5 Å². The van der Waals surface area contributed by atoms with Crippen molar-refractivity contribution in [2.45, 2.75) is 20.8 Å². The number of nitrogens with zero attached hydrogens (tertiary/aromatic N) is 6. The molecule has 1 N–H and O–H groups in total. The van der Waals surface area contributed by atoms with Crippen LogP contribution >= 0.6 is 22.9 Å². The highest BCUT2D eigenvalue weighted by molar-refractivity contribution is 7.16. The molecule has 142 valence electrons. The predicted octanol–water partition coefficient (Wildman–Crippen LogP) is 3.32. The molecule has 4 rings (SSSR count). The Hall–Kier alpha value is -3.04. The van der Waals surface area contributed by atoms with Crippen molar-refractivity contribution in [1.29, 1.82) is 0 Å². The van der Waals surface area contributed by atoms with Gasteiger partial charge in [0, 0.05) is 0 Å². The van der Waals surface area contributed by atoms with Gasteiger partial charge in [-0.05, 0) is 32.9 Å². The number of para-hydroxylation sites is 1. The van der Waals surface area contributed by atoms with Crippen LogP contribution in [0.1, 0.15) is 32.4 Å². The van der Waals surface area contributed by atoms with E-state index in [4.69, 9.17) is 11.6 Å². The largest absolute Gasteiger partial charge is 0.292 e. The summed E-state index contributed by atoms with van der Waals surface area (Å²) in [5.74, 6) is -0.393. The van der Waals surface area contributed by atoms with Crippen LogP contribution in [0.4, 0.5) is 0 Å². The third-order valence-electron chi connectivity index (χ3n) is 4.10. The molecule has 0 saturated heterocycles. The van der Waals surface area contributed by atoms with E-state index >= 15 is 0 Å². The monoisotopic (exact) mass is 413 g/mol. The Balaban J connectivity index is 1.57. The van der Waals surface area contributed by atoms with Crippen molar-refractivity contribution in [3.05, 3.63) is 63.1 Å². The van der Waals surface area contributed by atoms with Crippen molar-refractivity contribution in [3.8, 4) is 5.69 Å². The van der Waals surface area contributed by atoms with Gasteiger partial charge < -0.3 is 0 Å². The van der Waals surface area contributed by atoms with Gasteiger partial charge in [-0.2, -0.15) is 19.8 Å². The number of amides is 1. The first-order chi connectivity index (χ1) is 13.5. The molecule has 0 spiro atoms. The SMILES string of the molecule is Cc1nn2c(C(=O)N/N=C/c3c(C)nn(-c4ccccc4)c3Cl)c(C)nc2s1. The van der Waals surface area contributed by atoms with Gasteiger partial charge in [-0.3, -0.25) is 4.79 Å². The molecule has 8 nitrogen and oxygen atoms in total.